The standard InChI is InChI=1S/C6H7N.C6H13N.C5H11NO.C5H11N.C4H6N2.C4H10O.C3H9N.2C3H8O.C2H6O2S.C2H6O/c1-6-3-2-4-7-5-6;1-7-5-3-2-4-6-7;1-6-2-4-7-5-3-6;1-6-4-2-3-5-6;1-6-3-2-5-4-6;1-4(2)5-3;1-4(2)3;2*1-3-4-2;1-5(2,3)4;1-3-2/h2-5H,1H3;2-6H2,1H3;2-5H2,1H3;2-5H2,1H3;2-4H,1H3;4H,1-3H3;1-3H3;2*3H2,1-2H3;1-2H3;1-2H3. The Labute approximate surface area is 359 Å². The van der Waals surface area contributed by atoms with Crippen molar-refractivity contribution in [3.8, 4) is 0 Å². The first-order valence-corrected chi connectivity index (χ1v) is 22.6. The van der Waals surface area contributed by atoms with Gasteiger partial charge < -0.3 is 47.9 Å². The van der Waals surface area contributed by atoms with E-state index in [1.165, 1.54) is 63.8 Å². The van der Waals surface area contributed by atoms with Gasteiger partial charge in [0.2, 0.25) is 0 Å². The Balaban J connectivity index is -0.000000130. The molecule has 3 fully saturated rings. The predicted octanol–water partition coefficient (Wildman–Crippen LogP) is 6.02. The normalized spacial score (nSPS) is 14.5. The maximum Gasteiger partial charge on any atom is 0.144 e. The van der Waals surface area contributed by atoms with Gasteiger partial charge in [-0.05, 0) is 140 Å². The fourth-order valence-electron chi connectivity index (χ4n) is 3.36. The first kappa shape index (κ1) is 67.7. The number of imidazole rings is 1. The van der Waals surface area contributed by atoms with E-state index in [0.717, 1.165) is 52.0 Å². The molecule has 0 atom stereocenters. The van der Waals surface area contributed by atoms with Gasteiger partial charge in [-0.1, -0.05) is 12.5 Å². The Kier molecular flexibility index (Phi) is 64.2. The SMILES string of the molecule is CCOC.CCOC.CN(C)C.CN1CCCC1.CN1CCCCC1.CN1CCOCC1.COC.COC(C)C.CS(C)(=O)=O.Cc1cccnc1.Cn1ccnc1. The lowest BCUT2D eigenvalue weighted by molar-refractivity contribution is 0.0503. The molecule has 0 saturated carbocycles. The van der Waals surface area contributed by atoms with E-state index in [0.29, 0.717) is 6.10 Å². The monoisotopic (exact) mass is 854 g/mol. The van der Waals surface area contributed by atoms with E-state index in [-0.39, 0.29) is 0 Å². The number of ether oxygens (including phenoxy) is 5. The number of rotatable bonds is 3. The van der Waals surface area contributed by atoms with E-state index in [9.17, 15) is 8.42 Å². The van der Waals surface area contributed by atoms with Crippen LogP contribution in [0.4, 0.5) is 0 Å². The van der Waals surface area contributed by atoms with Gasteiger partial charge in [-0.15, -0.1) is 0 Å². The molecule has 0 radical (unpaired) electrons. The summed E-state index contributed by atoms with van der Waals surface area (Å²) in [6.45, 7) is 20.9. The van der Waals surface area contributed by atoms with E-state index in [1.54, 1.807) is 54.3 Å². The van der Waals surface area contributed by atoms with Crippen molar-refractivity contribution in [2.75, 3.05) is 156 Å². The molecule has 3 aliphatic heterocycles. The van der Waals surface area contributed by atoms with Gasteiger partial charge in [0, 0.05) is 106 Å². The number of methoxy groups -OCH3 is 4. The van der Waals surface area contributed by atoms with Crippen LogP contribution in [0.1, 0.15) is 65.4 Å². The molecule has 14 nitrogen and oxygen atoms in total. The molecule has 0 bridgehead atoms. The highest BCUT2D eigenvalue weighted by molar-refractivity contribution is 7.89. The van der Waals surface area contributed by atoms with E-state index in [4.69, 9.17) is 9.47 Å². The zero-order chi connectivity index (χ0) is 46.0. The summed E-state index contributed by atoms with van der Waals surface area (Å²) in [6, 6.07) is 3.95. The summed E-state index contributed by atoms with van der Waals surface area (Å²) in [5.41, 5.74) is 1.21. The lowest BCUT2D eigenvalue weighted by Gasteiger charge is -2.21. The van der Waals surface area contributed by atoms with Gasteiger partial charge in [0.15, 0.2) is 0 Å². The van der Waals surface area contributed by atoms with Gasteiger partial charge in [0.25, 0.3) is 0 Å². The van der Waals surface area contributed by atoms with Gasteiger partial charge in [-0.3, -0.25) is 4.98 Å². The minimum Gasteiger partial charge on any atom is -0.388 e. The second-order valence-electron chi connectivity index (χ2n) is 14.4. The molecule has 15 heteroatoms. The average Bonchev–Trinajstić information content (AvgIpc) is 3.87. The highest BCUT2D eigenvalue weighted by atomic mass is 32.2. The van der Waals surface area contributed by atoms with Crippen LogP contribution in [0.5, 0.6) is 0 Å². The third kappa shape index (κ3) is 94.8. The number of aromatic nitrogens is 3. The molecule has 0 spiro atoms. The summed E-state index contributed by atoms with van der Waals surface area (Å²) >= 11 is 0. The number of hydrogen-bond donors (Lipinski definition) is 0. The molecule has 2 aromatic heterocycles. The van der Waals surface area contributed by atoms with Crippen molar-refractivity contribution in [2.24, 2.45) is 7.05 Å². The molecule has 350 valence electrons. The van der Waals surface area contributed by atoms with Gasteiger partial charge >= 0.3 is 0 Å². The van der Waals surface area contributed by atoms with Crippen LogP contribution >= 0.6 is 0 Å². The summed E-state index contributed by atoms with van der Waals surface area (Å²) in [7, 11) is 20.1. The number of sulfone groups is 1. The molecule has 0 amide bonds. The Morgan fingerprint density at radius 2 is 1.07 bits per heavy atom. The van der Waals surface area contributed by atoms with Crippen LogP contribution in [-0.4, -0.2) is 205 Å². The minimum absolute atomic E-state index is 0.384. The first-order chi connectivity index (χ1) is 27.2. The van der Waals surface area contributed by atoms with Crippen molar-refractivity contribution >= 4 is 9.84 Å². The Bertz CT molecular complexity index is 1020. The fraction of sp³-hybridized carbons (Fsp3) is 0.814. The van der Waals surface area contributed by atoms with Gasteiger partial charge in [-0.2, -0.15) is 0 Å². The third-order valence-corrected chi connectivity index (χ3v) is 6.64. The quantitative estimate of drug-likeness (QED) is 0.358. The zero-order valence-corrected chi connectivity index (χ0v) is 41.9. The summed E-state index contributed by atoms with van der Waals surface area (Å²) in [5.74, 6) is 0. The maximum atomic E-state index is 9.63. The largest absolute Gasteiger partial charge is 0.388 e. The van der Waals surface area contributed by atoms with Crippen LogP contribution in [0.15, 0.2) is 43.2 Å². The predicted molar refractivity (Wildman–Crippen MR) is 249 cm³/mol. The van der Waals surface area contributed by atoms with E-state index in [1.807, 2.05) is 96.8 Å². The van der Waals surface area contributed by atoms with Crippen molar-refractivity contribution in [2.45, 2.75) is 72.8 Å². The smallest absolute Gasteiger partial charge is 0.144 e. The molecular weight excluding hydrogens is 759 g/mol. The van der Waals surface area contributed by atoms with Crippen LogP contribution < -0.4 is 0 Å². The fourth-order valence-corrected chi connectivity index (χ4v) is 3.36. The van der Waals surface area contributed by atoms with Crippen LogP contribution in [-0.2, 0) is 40.6 Å². The van der Waals surface area contributed by atoms with Crippen LogP contribution in [0.25, 0.3) is 0 Å². The molecule has 5 heterocycles. The topological polar surface area (TPSA) is 124 Å². The summed E-state index contributed by atoms with van der Waals surface area (Å²) in [4.78, 5) is 16.7. The van der Waals surface area contributed by atoms with Crippen LogP contribution in [0.3, 0.4) is 0 Å². The van der Waals surface area contributed by atoms with Crippen molar-refractivity contribution in [3.63, 3.8) is 0 Å². The molecule has 3 aliphatic rings. The molecule has 0 N–H and O–H groups in total. The molecule has 0 aromatic carbocycles. The number of hydrogen-bond acceptors (Lipinski definition) is 13. The molecule has 0 aliphatic carbocycles. The third-order valence-electron chi connectivity index (χ3n) is 6.64. The Hall–Kier alpha value is -2.05. The highest BCUT2D eigenvalue weighted by Gasteiger charge is 2.04. The van der Waals surface area contributed by atoms with Crippen molar-refractivity contribution in [1.82, 2.24) is 34.1 Å². The molecule has 5 rings (SSSR count). The van der Waals surface area contributed by atoms with Crippen molar-refractivity contribution in [1.29, 1.82) is 0 Å². The lowest BCUT2D eigenvalue weighted by Crippen LogP contribution is -2.32. The lowest BCUT2D eigenvalue weighted by atomic mass is 10.1. The number of piperidine rings is 1. The highest BCUT2D eigenvalue weighted by Crippen LogP contribution is 2.04. The molecular formula is C43H95N7O7S. The maximum absolute atomic E-state index is 9.63. The van der Waals surface area contributed by atoms with Gasteiger partial charge in [-0.25, -0.2) is 13.4 Å². The van der Waals surface area contributed by atoms with E-state index in [2.05, 4.69) is 60.0 Å². The number of nitrogens with zero attached hydrogens (tertiary/aromatic N) is 7. The van der Waals surface area contributed by atoms with Crippen LogP contribution in [0, 0.1) is 6.92 Å². The second kappa shape index (κ2) is 55.0. The minimum atomic E-state index is -2.67. The molecule has 2 aromatic rings. The number of likely N-dealkylation sites (N-methyl/N-ethyl adjacent to an activating group) is 1. The average molecular weight is 854 g/mol. The van der Waals surface area contributed by atoms with E-state index < -0.39 is 9.84 Å². The number of pyridine rings is 1. The summed E-state index contributed by atoms with van der Waals surface area (Å²) < 4.78 is 44.3. The zero-order valence-electron chi connectivity index (χ0n) is 41.1. The van der Waals surface area contributed by atoms with E-state index >= 15 is 0 Å². The Morgan fingerprint density at radius 1 is 0.724 bits per heavy atom. The number of likely N-dealkylation sites (tertiary alicyclic amines) is 2. The number of aryl methyl sites for hydroxylation is 2. The Morgan fingerprint density at radius 3 is 1.19 bits per heavy atom. The van der Waals surface area contributed by atoms with Crippen LogP contribution in [0.2, 0.25) is 0 Å². The second-order valence-corrected chi connectivity index (χ2v) is 16.7. The number of morpholine rings is 1. The molecule has 58 heavy (non-hydrogen) atoms. The van der Waals surface area contributed by atoms with Gasteiger partial charge in [0.05, 0.1) is 25.6 Å². The van der Waals surface area contributed by atoms with Crippen molar-refractivity contribution in [3.05, 3.63) is 48.8 Å². The summed E-state index contributed by atoms with van der Waals surface area (Å²) in [6.07, 6.45) is 18.8. The summed E-state index contributed by atoms with van der Waals surface area (Å²) in [5, 5.41) is 0. The van der Waals surface area contributed by atoms with Gasteiger partial charge in [0.1, 0.15) is 9.84 Å². The molecule has 3 saturated heterocycles. The first-order valence-electron chi connectivity index (χ1n) is 20.3. The molecule has 0 unspecified atom stereocenters. The van der Waals surface area contributed by atoms with Crippen molar-refractivity contribution < 1.29 is 32.1 Å².